The summed E-state index contributed by atoms with van der Waals surface area (Å²) in [6.07, 6.45) is 4.75. The number of rotatable bonds is 5. The third-order valence-corrected chi connectivity index (χ3v) is 4.47. The zero-order valence-electron chi connectivity index (χ0n) is 12.2. The van der Waals surface area contributed by atoms with Gasteiger partial charge in [0, 0.05) is 13.1 Å². The molecule has 1 unspecified atom stereocenters. The van der Waals surface area contributed by atoms with Gasteiger partial charge in [-0.3, -0.25) is 4.79 Å². The van der Waals surface area contributed by atoms with Crippen LogP contribution < -0.4 is 10.6 Å². The maximum Gasteiger partial charge on any atom is 0.317 e. The van der Waals surface area contributed by atoms with Crippen molar-refractivity contribution >= 4 is 12.0 Å². The fourth-order valence-corrected chi connectivity index (χ4v) is 3.25. The number of carboxylic acid groups (broad SMARTS) is 1. The average Bonchev–Trinajstić information content (AvgIpc) is 2.36. The van der Waals surface area contributed by atoms with E-state index in [1.807, 2.05) is 11.9 Å². The number of urea groups is 1. The Morgan fingerprint density at radius 3 is 2.65 bits per heavy atom. The molecule has 0 bridgehead atoms. The number of nitrogens with one attached hydrogen (secondary N) is 2. The van der Waals surface area contributed by atoms with Crippen molar-refractivity contribution in [3.05, 3.63) is 0 Å². The molecule has 20 heavy (non-hydrogen) atoms. The number of carbonyl (C=O) groups is 2. The zero-order valence-corrected chi connectivity index (χ0v) is 12.2. The number of hydrogen-bond donors (Lipinski definition) is 3. The monoisotopic (exact) mass is 283 g/mol. The summed E-state index contributed by atoms with van der Waals surface area (Å²) in [5.74, 6) is -0.340. The summed E-state index contributed by atoms with van der Waals surface area (Å²) in [5, 5.41) is 15.1. The summed E-state index contributed by atoms with van der Waals surface area (Å²) >= 11 is 0. The molecule has 0 radical (unpaired) electrons. The minimum absolute atomic E-state index is 0.0343. The Morgan fingerprint density at radius 2 is 2.10 bits per heavy atom. The standard InChI is InChI=1S/C14H25N3O3/c1-15-9-11-4-2-7-17(10-11)13(20)16-14(5-3-6-14)8-12(18)19/h11,15H,2-10H2,1H3,(H,16,20)(H,18,19). The van der Waals surface area contributed by atoms with Crippen LogP contribution in [-0.4, -0.2) is 54.2 Å². The van der Waals surface area contributed by atoms with Gasteiger partial charge in [0.25, 0.3) is 0 Å². The Morgan fingerprint density at radius 1 is 1.35 bits per heavy atom. The van der Waals surface area contributed by atoms with Crippen LogP contribution in [0.4, 0.5) is 4.79 Å². The highest BCUT2D eigenvalue weighted by Crippen LogP contribution is 2.35. The Kier molecular flexibility index (Phi) is 4.86. The lowest BCUT2D eigenvalue weighted by Gasteiger charge is -2.43. The SMILES string of the molecule is CNCC1CCCN(C(=O)NC2(CC(=O)O)CCC2)C1. The summed E-state index contributed by atoms with van der Waals surface area (Å²) in [7, 11) is 1.93. The molecule has 1 saturated heterocycles. The van der Waals surface area contributed by atoms with Crippen molar-refractivity contribution < 1.29 is 14.7 Å². The van der Waals surface area contributed by atoms with Crippen LogP contribution in [0.25, 0.3) is 0 Å². The summed E-state index contributed by atoms with van der Waals surface area (Å²) in [4.78, 5) is 25.1. The number of amides is 2. The van der Waals surface area contributed by atoms with Crippen LogP contribution in [0.15, 0.2) is 0 Å². The van der Waals surface area contributed by atoms with Crippen LogP contribution in [0.1, 0.15) is 38.5 Å². The molecule has 6 heteroatoms. The second kappa shape index (κ2) is 6.43. The maximum absolute atomic E-state index is 12.3. The van der Waals surface area contributed by atoms with Gasteiger partial charge in [-0.15, -0.1) is 0 Å². The maximum atomic E-state index is 12.3. The molecular weight excluding hydrogens is 258 g/mol. The first-order valence-corrected chi connectivity index (χ1v) is 7.48. The van der Waals surface area contributed by atoms with Crippen LogP contribution in [-0.2, 0) is 4.79 Å². The van der Waals surface area contributed by atoms with Crippen molar-refractivity contribution in [1.82, 2.24) is 15.5 Å². The lowest BCUT2D eigenvalue weighted by Crippen LogP contribution is -2.59. The highest BCUT2D eigenvalue weighted by atomic mass is 16.4. The molecule has 0 aromatic rings. The van der Waals surface area contributed by atoms with E-state index >= 15 is 0 Å². The smallest absolute Gasteiger partial charge is 0.317 e. The Labute approximate surface area is 119 Å². The van der Waals surface area contributed by atoms with Crippen molar-refractivity contribution in [2.45, 2.75) is 44.1 Å². The predicted octanol–water partition coefficient (Wildman–Crippen LogP) is 1.02. The summed E-state index contributed by atoms with van der Waals surface area (Å²) in [5.41, 5.74) is -0.501. The van der Waals surface area contributed by atoms with Gasteiger partial charge in [0.2, 0.25) is 0 Å². The largest absolute Gasteiger partial charge is 0.481 e. The molecule has 6 nitrogen and oxygen atoms in total. The summed E-state index contributed by atoms with van der Waals surface area (Å²) in [6, 6.07) is -0.0910. The number of carboxylic acids is 1. The fourth-order valence-electron chi connectivity index (χ4n) is 3.25. The second-order valence-electron chi connectivity index (χ2n) is 6.15. The lowest BCUT2D eigenvalue weighted by molar-refractivity contribution is -0.139. The number of carbonyl (C=O) groups excluding carboxylic acids is 1. The normalized spacial score (nSPS) is 24.9. The fraction of sp³-hybridized carbons (Fsp3) is 0.857. The number of aliphatic carboxylic acids is 1. The van der Waals surface area contributed by atoms with Gasteiger partial charge in [-0.2, -0.15) is 0 Å². The Bertz CT molecular complexity index is 367. The van der Waals surface area contributed by atoms with Crippen LogP contribution in [0.3, 0.4) is 0 Å². The molecule has 3 N–H and O–H groups in total. The Hall–Kier alpha value is -1.30. The van der Waals surface area contributed by atoms with Crippen LogP contribution in [0, 0.1) is 5.92 Å². The zero-order chi connectivity index (χ0) is 14.6. The highest BCUT2D eigenvalue weighted by molar-refractivity contribution is 5.77. The molecule has 1 aliphatic carbocycles. The molecule has 0 aromatic carbocycles. The molecule has 0 spiro atoms. The van der Waals surface area contributed by atoms with Crippen molar-refractivity contribution in [1.29, 1.82) is 0 Å². The number of piperidine rings is 1. The molecule has 1 aliphatic heterocycles. The molecule has 2 amide bonds. The van der Waals surface area contributed by atoms with Gasteiger partial charge in [0.15, 0.2) is 0 Å². The van der Waals surface area contributed by atoms with Crippen LogP contribution in [0.5, 0.6) is 0 Å². The van der Waals surface area contributed by atoms with E-state index in [2.05, 4.69) is 10.6 Å². The van der Waals surface area contributed by atoms with Crippen LogP contribution in [0.2, 0.25) is 0 Å². The van der Waals surface area contributed by atoms with Crippen molar-refractivity contribution in [3.8, 4) is 0 Å². The van der Waals surface area contributed by atoms with Gasteiger partial charge in [-0.25, -0.2) is 4.79 Å². The molecule has 1 atom stereocenters. The van der Waals surface area contributed by atoms with Crippen molar-refractivity contribution in [2.75, 3.05) is 26.7 Å². The summed E-state index contributed by atoms with van der Waals surface area (Å²) in [6.45, 7) is 2.45. The van der Waals surface area contributed by atoms with Gasteiger partial charge >= 0.3 is 12.0 Å². The molecule has 0 aromatic heterocycles. The van der Waals surface area contributed by atoms with E-state index in [0.29, 0.717) is 5.92 Å². The quantitative estimate of drug-likeness (QED) is 0.704. The third-order valence-electron chi connectivity index (χ3n) is 4.47. The molecule has 2 fully saturated rings. The molecule has 114 valence electrons. The van der Waals surface area contributed by atoms with E-state index in [-0.39, 0.29) is 12.5 Å². The van der Waals surface area contributed by atoms with Gasteiger partial charge in [0.05, 0.1) is 12.0 Å². The third kappa shape index (κ3) is 3.62. The first kappa shape index (κ1) is 15.1. The van der Waals surface area contributed by atoms with E-state index in [4.69, 9.17) is 5.11 Å². The number of likely N-dealkylation sites (tertiary alicyclic amines) is 1. The van der Waals surface area contributed by atoms with E-state index in [9.17, 15) is 9.59 Å². The molecular formula is C14H25N3O3. The predicted molar refractivity (Wildman–Crippen MR) is 75.6 cm³/mol. The average molecular weight is 283 g/mol. The molecule has 1 saturated carbocycles. The van der Waals surface area contributed by atoms with Crippen molar-refractivity contribution in [3.63, 3.8) is 0 Å². The second-order valence-corrected chi connectivity index (χ2v) is 6.15. The summed E-state index contributed by atoms with van der Waals surface area (Å²) < 4.78 is 0. The highest BCUT2D eigenvalue weighted by Gasteiger charge is 2.41. The van der Waals surface area contributed by atoms with Gasteiger partial charge < -0.3 is 20.6 Å². The minimum atomic E-state index is -0.836. The minimum Gasteiger partial charge on any atom is -0.481 e. The molecule has 2 rings (SSSR count). The number of nitrogens with zero attached hydrogens (tertiary/aromatic N) is 1. The molecule has 1 heterocycles. The van der Waals surface area contributed by atoms with E-state index in [1.54, 1.807) is 0 Å². The van der Waals surface area contributed by atoms with E-state index in [0.717, 1.165) is 51.7 Å². The Balaban J connectivity index is 1.88. The first-order valence-electron chi connectivity index (χ1n) is 7.48. The van der Waals surface area contributed by atoms with Crippen molar-refractivity contribution in [2.24, 2.45) is 5.92 Å². The van der Waals surface area contributed by atoms with Gasteiger partial charge in [-0.05, 0) is 51.6 Å². The molecule has 2 aliphatic rings. The van der Waals surface area contributed by atoms with E-state index < -0.39 is 11.5 Å². The van der Waals surface area contributed by atoms with Gasteiger partial charge in [0.1, 0.15) is 0 Å². The van der Waals surface area contributed by atoms with E-state index in [1.165, 1.54) is 0 Å². The van der Waals surface area contributed by atoms with Gasteiger partial charge in [-0.1, -0.05) is 0 Å². The topological polar surface area (TPSA) is 81.7 Å². The lowest BCUT2D eigenvalue weighted by atomic mass is 9.74. The van der Waals surface area contributed by atoms with Crippen LogP contribution >= 0.6 is 0 Å². The number of hydrogen-bond acceptors (Lipinski definition) is 3. The first-order chi connectivity index (χ1) is 9.54.